The van der Waals surface area contributed by atoms with Crippen molar-refractivity contribution in [1.82, 2.24) is 10.6 Å². The Labute approximate surface area is 221 Å². The summed E-state index contributed by atoms with van der Waals surface area (Å²) >= 11 is 6.06. The Morgan fingerprint density at radius 1 is 0.946 bits per heavy atom. The van der Waals surface area contributed by atoms with Gasteiger partial charge in [0.05, 0.1) is 24.0 Å². The van der Waals surface area contributed by atoms with Gasteiger partial charge in [-0.1, -0.05) is 54.1 Å². The molecule has 0 saturated carbocycles. The number of rotatable bonds is 10. The van der Waals surface area contributed by atoms with Gasteiger partial charge in [0.15, 0.2) is 0 Å². The number of anilines is 1. The monoisotopic (exact) mass is 541 g/mol. The lowest BCUT2D eigenvalue weighted by molar-refractivity contribution is -0.109. The third-order valence-electron chi connectivity index (χ3n) is 5.78. The van der Waals surface area contributed by atoms with Gasteiger partial charge in [-0.15, -0.1) is 0 Å². The number of halogens is 1. The van der Waals surface area contributed by atoms with Crippen LogP contribution >= 0.6 is 11.6 Å². The second-order valence-corrected chi connectivity index (χ2v) is 11.1. The summed E-state index contributed by atoms with van der Waals surface area (Å²) in [5.74, 6) is -1.13. The SMILES string of the molecule is C[C@@H](NC(=O)c1cc(C(=O)N[C@H](C=O)Cc2ccccc2)cc(N(C)S(C)(=O)=O)c1)c1cccc(Cl)c1. The molecule has 3 aromatic carbocycles. The molecule has 2 atom stereocenters. The zero-order chi connectivity index (χ0) is 27.2. The van der Waals surface area contributed by atoms with Crippen molar-refractivity contribution >= 4 is 45.4 Å². The molecule has 10 heteroatoms. The maximum atomic E-state index is 13.1. The van der Waals surface area contributed by atoms with Crippen LogP contribution in [0.15, 0.2) is 72.8 Å². The highest BCUT2D eigenvalue weighted by Crippen LogP contribution is 2.23. The number of nitrogens with zero attached hydrogens (tertiary/aromatic N) is 1. The Balaban J connectivity index is 1.90. The van der Waals surface area contributed by atoms with Crippen LogP contribution in [0.5, 0.6) is 0 Å². The molecule has 0 unspecified atom stereocenters. The number of hydrogen-bond donors (Lipinski definition) is 2. The van der Waals surface area contributed by atoms with Crippen molar-refractivity contribution in [3.8, 4) is 0 Å². The number of aldehydes is 1. The van der Waals surface area contributed by atoms with Crippen LogP contribution < -0.4 is 14.9 Å². The first-order valence-electron chi connectivity index (χ1n) is 11.4. The lowest BCUT2D eigenvalue weighted by Crippen LogP contribution is -2.38. The van der Waals surface area contributed by atoms with Crippen LogP contribution in [0.25, 0.3) is 0 Å². The molecule has 8 nitrogen and oxygen atoms in total. The van der Waals surface area contributed by atoms with Crippen LogP contribution in [0.1, 0.15) is 44.8 Å². The quantitative estimate of drug-likeness (QED) is 0.379. The minimum Gasteiger partial charge on any atom is -0.346 e. The highest BCUT2D eigenvalue weighted by atomic mass is 35.5. The maximum Gasteiger partial charge on any atom is 0.251 e. The van der Waals surface area contributed by atoms with Crippen molar-refractivity contribution in [1.29, 1.82) is 0 Å². The predicted molar refractivity (Wildman–Crippen MR) is 144 cm³/mol. The van der Waals surface area contributed by atoms with Gasteiger partial charge < -0.3 is 15.4 Å². The molecule has 0 spiro atoms. The van der Waals surface area contributed by atoms with Crippen LogP contribution in [-0.4, -0.2) is 45.9 Å². The van der Waals surface area contributed by atoms with E-state index in [0.717, 1.165) is 21.7 Å². The van der Waals surface area contributed by atoms with Gasteiger partial charge in [-0.2, -0.15) is 0 Å². The van der Waals surface area contributed by atoms with Crippen molar-refractivity contribution in [2.75, 3.05) is 17.6 Å². The first-order valence-corrected chi connectivity index (χ1v) is 13.7. The van der Waals surface area contributed by atoms with Gasteiger partial charge in [0, 0.05) is 23.2 Å². The topological polar surface area (TPSA) is 113 Å². The van der Waals surface area contributed by atoms with Gasteiger partial charge in [-0.3, -0.25) is 13.9 Å². The predicted octanol–water partition coefficient (Wildman–Crippen LogP) is 3.77. The minimum atomic E-state index is -3.68. The molecule has 0 fully saturated rings. The van der Waals surface area contributed by atoms with Crippen molar-refractivity contribution in [2.24, 2.45) is 0 Å². The second kappa shape index (κ2) is 12.0. The number of carbonyl (C=O) groups excluding carboxylic acids is 3. The molecule has 0 saturated heterocycles. The molecule has 0 bridgehead atoms. The van der Waals surface area contributed by atoms with Crippen LogP contribution in [0.4, 0.5) is 5.69 Å². The number of sulfonamides is 1. The molecule has 3 rings (SSSR count). The molecule has 37 heavy (non-hydrogen) atoms. The summed E-state index contributed by atoms with van der Waals surface area (Å²) in [7, 11) is -2.36. The van der Waals surface area contributed by atoms with Crippen LogP contribution in [-0.2, 0) is 21.2 Å². The van der Waals surface area contributed by atoms with Gasteiger partial charge in [0.1, 0.15) is 6.29 Å². The average molecular weight is 542 g/mol. The Morgan fingerprint density at radius 3 is 2.14 bits per heavy atom. The van der Waals surface area contributed by atoms with Crippen molar-refractivity contribution in [2.45, 2.75) is 25.4 Å². The molecule has 0 aliphatic carbocycles. The minimum absolute atomic E-state index is 0.0356. The summed E-state index contributed by atoms with van der Waals surface area (Å²) in [6.07, 6.45) is 1.93. The summed E-state index contributed by atoms with van der Waals surface area (Å²) in [5.41, 5.74) is 1.88. The van der Waals surface area contributed by atoms with E-state index in [0.29, 0.717) is 11.3 Å². The van der Waals surface area contributed by atoms with E-state index < -0.39 is 33.9 Å². The molecule has 194 valence electrons. The lowest BCUT2D eigenvalue weighted by atomic mass is 10.0. The number of benzene rings is 3. The summed E-state index contributed by atoms with van der Waals surface area (Å²) in [4.78, 5) is 37.9. The third kappa shape index (κ3) is 7.65. The summed E-state index contributed by atoms with van der Waals surface area (Å²) in [6, 6.07) is 19.1. The van der Waals surface area contributed by atoms with Gasteiger partial charge >= 0.3 is 0 Å². The van der Waals surface area contributed by atoms with Gasteiger partial charge in [-0.05, 0) is 54.8 Å². The Bertz CT molecular complexity index is 1400. The van der Waals surface area contributed by atoms with Gasteiger partial charge in [0.25, 0.3) is 11.8 Å². The first-order chi connectivity index (χ1) is 17.5. The van der Waals surface area contributed by atoms with Crippen LogP contribution in [0.2, 0.25) is 5.02 Å². The summed E-state index contributed by atoms with van der Waals surface area (Å²) in [6.45, 7) is 1.78. The Kier molecular flexibility index (Phi) is 9.07. The molecule has 0 aromatic heterocycles. The number of hydrogen-bond acceptors (Lipinski definition) is 5. The molecule has 2 amide bonds. The van der Waals surface area contributed by atoms with E-state index in [4.69, 9.17) is 11.6 Å². The molecule has 0 heterocycles. The van der Waals surface area contributed by atoms with Gasteiger partial charge in [0.2, 0.25) is 10.0 Å². The smallest absolute Gasteiger partial charge is 0.251 e. The van der Waals surface area contributed by atoms with E-state index >= 15 is 0 Å². The molecular formula is C27H28ClN3O5S. The fourth-order valence-corrected chi connectivity index (χ4v) is 4.33. The van der Waals surface area contributed by atoms with E-state index in [-0.39, 0.29) is 23.2 Å². The Morgan fingerprint density at radius 2 is 1.57 bits per heavy atom. The fraction of sp³-hybridized carbons (Fsp3) is 0.222. The second-order valence-electron chi connectivity index (χ2n) is 8.65. The van der Waals surface area contributed by atoms with E-state index in [1.54, 1.807) is 25.1 Å². The van der Waals surface area contributed by atoms with E-state index in [1.807, 2.05) is 36.4 Å². The average Bonchev–Trinajstić information content (AvgIpc) is 2.87. The fourth-order valence-electron chi connectivity index (χ4n) is 3.64. The molecular weight excluding hydrogens is 514 g/mol. The van der Waals surface area contributed by atoms with Crippen LogP contribution in [0, 0.1) is 0 Å². The van der Waals surface area contributed by atoms with Crippen LogP contribution in [0.3, 0.4) is 0 Å². The summed E-state index contributed by atoms with van der Waals surface area (Å²) in [5, 5.41) is 6.02. The van der Waals surface area contributed by atoms with Crippen molar-refractivity contribution in [3.05, 3.63) is 100 Å². The number of amides is 2. The number of nitrogens with one attached hydrogen (secondary N) is 2. The van der Waals surface area contributed by atoms with Gasteiger partial charge in [-0.25, -0.2) is 8.42 Å². The molecule has 0 radical (unpaired) electrons. The summed E-state index contributed by atoms with van der Waals surface area (Å²) < 4.78 is 25.3. The largest absolute Gasteiger partial charge is 0.346 e. The van der Waals surface area contributed by atoms with E-state index in [2.05, 4.69) is 10.6 Å². The number of carbonyl (C=O) groups is 3. The first kappa shape index (κ1) is 27.9. The van der Waals surface area contributed by atoms with Crippen molar-refractivity contribution < 1.29 is 22.8 Å². The van der Waals surface area contributed by atoms with E-state index in [1.165, 1.54) is 25.2 Å². The standard InChI is InChI=1S/C27H28ClN3O5S/c1-18(20-10-7-11-23(28)14-20)29-26(33)21-13-22(16-25(15-21)31(2)37(3,35)36)27(34)30-24(17-32)12-19-8-5-4-6-9-19/h4-11,13-18,24H,12H2,1-3H3,(H,29,33)(H,30,34)/t18-,24+/m1/s1. The lowest BCUT2D eigenvalue weighted by Gasteiger charge is -2.20. The zero-order valence-electron chi connectivity index (χ0n) is 20.6. The molecule has 0 aliphatic rings. The molecule has 3 aromatic rings. The highest BCUT2D eigenvalue weighted by molar-refractivity contribution is 7.92. The highest BCUT2D eigenvalue weighted by Gasteiger charge is 2.21. The zero-order valence-corrected chi connectivity index (χ0v) is 22.2. The normalized spacial score (nSPS) is 12.8. The Hall–Kier alpha value is -3.69. The maximum absolute atomic E-state index is 13.1. The van der Waals surface area contributed by atoms with Crippen molar-refractivity contribution in [3.63, 3.8) is 0 Å². The molecule has 0 aliphatic heterocycles. The third-order valence-corrected chi connectivity index (χ3v) is 7.22. The molecule has 2 N–H and O–H groups in total. The van der Waals surface area contributed by atoms with E-state index in [9.17, 15) is 22.8 Å².